The van der Waals surface area contributed by atoms with Crippen LogP contribution in [0.2, 0.25) is 0 Å². The maximum absolute atomic E-state index is 6.56. The van der Waals surface area contributed by atoms with Crippen molar-refractivity contribution in [3.8, 4) is 11.1 Å². The molecular formula is C55H51BN2O. The molecule has 0 amide bonds. The molecule has 11 rings (SSSR count). The lowest BCUT2D eigenvalue weighted by molar-refractivity contribution is 0.403. The number of hydrogen-bond donors (Lipinski definition) is 0. The van der Waals surface area contributed by atoms with Gasteiger partial charge in [-0.3, -0.25) is 0 Å². The monoisotopic (exact) mass is 766 g/mol. The van der Waals surface area contributed by atoms with Crippen LogP contribution in [0.25, 0.3) is 33.1 Å². The number of benzene rings is 7. The fourth-order valence-electron chi connectivity index (χ4n) is 11.2. The molecule has 1 aliphatic carbocycles. The number of anilines is 6. The molecule has 0 bridgehead atoms. The number of nitrogens with zero attached hydrogens (tertiary/aromatic N) is 2. The van der Waals surface area contributed by atoms with Gasteiger partial charge in [0.1, 0.15) is 11.2 Å². The summed E-state index contributed by atoms with van der Waals surface area (Å²) in [4.78, 5) is 5.19. The Hall–Kier alpha value is -6.00. The first-order chi connectivity index (χ1) is 28.2. The molecule has 0 saturated heterocycles. The van der Waals surface area contributed by atoms with Gasteiger partial charge in [0.2, 0.25) is 0 Å². The maximum atomic E-state index is 6.56. The Morgan fingerprint density at radius 1 is 0.542 bits per heavy atom. The summed E-state index contributed by atoms with van der Waals surface area (Å²) in [6, 6.07) is 50.3. The van der Waals surface area contributed by atoms with Crippen molar-refractivity contribution in [3.63, 3.8) is 0 Å². The van der Waals surface area contributed by atoms with Crippen molar-refractivity contribution in [2.45, 2.75) is 85.0 Å². The number of fused-ring (bicyclic) bond motifs is 8. The third-order valence-electron chi connectivity index (χ3n) is 13.7. The maximum Gasteiger partial charge on any atom is 0.252 e. The topological polar surface area (TPSA) is 19.6 Å². The predicted molar refractivity (Wildman–Crippen MR) is 252 cm³/mol. The standard InChI is InChI=1S/C55H51BN2O/c1-33-26-47-52-48(27-33)58(44-19-15-21-50-51(44)38-18-13-14-20-49(38)59-50)45-29-37(53(3,4)5)23-24-41(45)56(52)42-30-39-40(55(8,9)32-54(39,6)7)31-46(42)57(47)43-25-22-36(28-34(43)2)35-16-11-10-12-17-35/h10-31H,32H2,1-9H3. The van der Waals surface area contributed by atoms with Crippen LogP contribution in [-0.2, 0) is 16.2 Å². The van der Waals surface area contributed by atoms with E-state index in [1.54, 1.807) is 0 Å². The second-order valence-corrected chi connectivity index (χ2v) is 19.9. The number of aryl methyl sites for hydroxylation is 2. The van der Waals surface area contributed by atoms with Crippen molar-refractivity contribution in [2.75, 3.05) is 9.80 Å². The molecule has 0 unspecified atom stereocenters. The third kappa shape index (κ3) is 5.28. The summed E-state index contributed by atoms with van der Waals surface area (Å²) in [6.07, 6.45) is 1.12. The van der Waals surface area contributed by atoms with Crippen LogP contribution in [0.15, 0.2) is 138 Å². The second-order valence-electron chi connectivity index (χ2n) is 19.9. The SMILES string of the molecule is Cc1cc2c3c(c1)N(c1cccc4oc5ccccc5c14)c1cc(C(C)(C)C)ccc1B3c1cc3c(cc1N2c1ccc(-c2ccccc2)cc1C)C(C)(C)CC3(C)C. The summed E-state index contributed by atoms with van der Waals surface area (Å²) in [6.45, 7) is 21.4. The van der Waals surface area contributed by atoms with Gasteiger partial charge in [-0.25, -0.2) is 0 Å². The lowest BCUT2D eigenvalue weighted by atomic mass is 9.33. The zero-order chi connectivity index (χ0) is 40.7. The van der Waals surface area contributed by atoms with Crippen molar-refractivity contribution in [2.24, 2.45) is 0 Å². The van der Waals surface area contributed by atoms with Crippen LogP contribution in [0, 0.1) is 13.8 Å². The van der Waals surface area contributed by atoms with E-state index < -0.39 is 0 Å². The van der Waals surface area contributed by atoms with E-state index in [1.165, 1.54) is 83.8 Å². The van der Waals surface area contributed by atoms with Gasteiger partial charge in [-0.2, -0.15) is 0 Å². The van der Waals surface area contributed by atoms with E-state index in [2.05, 4.69) is 206 Å². The molecule has 59 heavy (non-hydrogen) atoms. The van der Waals surface area contributed by atoms with Crippen molar-refractivity contribution >= 4 is 79.2 Å². The van der Waals surface area contributed by atoms with E-state index in [9.17, 15) is 0 Å². The van der Waals surface area contributed by atoms with Crippen LogP contribution >= 0.6 is 0 Å². The third-order valence-corrected chi connectivity index (χ3v) is 13.7. The first-order valence-corrected chi connectivity index (χ1v) is 21.3. The summed E-state index contributed by atoms with van der Waals surface area (Å²) in [5, 5.41) is 2.28. The van der Waals surface area contributed by atoms with E-state index in [0.717, 1.165) is 34.0 Å². The van der Waals surface area contributed by atoms with E-state index >= 15 is 0 Å². The van der Waals surface area contributed by atoms with E-state index in [4.69, 9.17) is 4.42 Å². The van der Waals surface area contributed by atoms with Crippen LogP contribution in [0.3, 0.4) is 0 Å². The highest BCUT2D eigenvalue weighted by Gasteiger charge is 2.48. The largest absolute Gasteiger partial charge is 0.456 e. The molecule has 0 saturated carbocycles. The van der Waals surface area contributed by atoms with Gasteiger partial charge < -0.3 is 14.2 Å². The summed E-state index contributed by atoms with van der Waals surface area (Å²) in [7, 11) is 0. The normalized spacial score (nSPS) is 16.0. The first kappa shape index (κ1) is 36.1. The van der Waals surface area contributed by atoms with E-state index in [-0.39, 0.29) is 23.0 Å². The van der Waals surface area contributed by atoms with Gasteiger partial charge >= 0.3 is 0 Å². The number of hydrogen-bond acceptors (Lipinski definition) is 3. The highest BCUT2D eigenvalue weighted by molar-refractivity contribution is 7.00. The minimum absolute atomic E-state index is 0.0335. The van der Waals surface area contributed by atoms with Crippen LogP contribution in [-0.4, -0.2) is 6.71 Å². The summed E-state index contributed by atoms with van der Waals surface area (Å²) < 4.78 is 6.56. The molecule has 0 radical (unpaired) electrons. The Morgan fingerprint density at radius 3 is 1.93 bits per heavy atom. The molecule has 0 N–H and O–H groups in total. The van der Waals surface area contributed by atoms with Gasteiger partial charge in [0.15, 0.2) is 0 Å². The lowest BCUT2D eigenvalue weighted by Gasteiger charge is -2.45. The highest BCUT2D eigenvalue weighted by Crippen LogP contribution is 2.53. The fourth-order valence-corrected chi connectivity index (χ4v) is 11.2. The summed E-state index contributed by atoms with van der Waals surface area (Å²) in [5.74, 6) is 0. The fraction of sp³-hybridized carbons (Fsp3) is 0.236. The first-order valence-electron chi connectivity index (χ1n) is 21.3. The van der Waals surface area contributed by atoms with Crippen LogP contribution in [0.4, 0.5) is 34.1 Å². The summed E-state index contributed by atoms with van der Waals surface area (Å²) in [5.41, 5.74) is 22.6. The Labute approximate surface area is 349 Å². The van der Waals surface area contributed by atoms with Gasteiger partial charge in [0.05, 0.1) is 11.1 Å². The molecule has 3 aliphatic rings. The van der Waals surface area contributed by atoms with E-state index in [1.807, 2.05) is 0 Å². The van der Waals surface area contributed by atoms with Crippen molar-refractivity contribution in [3.05, 3.63) is 161 Å². The molecular weight excluding hydrogens is 715 g/mol. The number of furan rings is 1. The quantitative estimate of drug-likeness (QED) is 0.167. The van der Waals surface area contributed by atoms with Crippen LogP contribution in [0.1, 0.15) is 82.7 Å². The Bertz CT molecular complexity index is 3050. The number of rotatable bonds is 3. The average molecular weight is 767 g/mol. The molecule has 7 aromatic carbocycles. The van der Waals surface area contributed by atoms with E-state index in [0.29, 0.717) is 0 Å². The van der Waals surface area contributed by atoms with Gasteiger partial charge in [0.25, 0.3) is 6.71 Å². The smallest absolute Gasteiger partial charge is 0.252 e. The molecule has 1 aromatic heterocycles. The zero-order valence-electron chi connectivity index (χ0n) is 35.8. The minimum Gasteiger partial charge on any atom is -0.456 e. The molecule has 4 heteroatoms. The Balaban J connectivity index is 1.25. The molecule has 2 aliphatic heterocycles. The summed E-state index contributed by atoms with van der Waals surface area (Å²) >= 11 is 0. The van der Waals surface area contributed by atoms with Crippen molar-refractivity contribution in [1.82, 2.24) is 0 Å². The predicted octanol–water partition coefficient (Wildman–Crippen LogP) is 13.2. The molecule has 290 valence electrons. The van der Waals surface area contributed by atoms with Crippen molar-refractivity contribution in [1.29, 1.82) is 0 Å². The highest BCUT2D eigenvalue weighted by atomic mass is 16.3. The zero-order valence-corrected chi connectivity index (χ0v) is 35.8. The molecule has 3 heterocycles. The average Bonchev–Trinajstić information content (AvgIpc) is 3.67. The Morgan fingerprint density at radius 2 is 1.20 bits per heavy atom. The van der Waals surface area contributed by atoms with Crippen molar-refractivity contribution < 1.29 is 4.42 Å². The molecule has 8 aromatic rings. The Kier molecular flexibility index (Phi) is 7.51. The molecule has 3 nitrogen and oxygen atoms in total. The van der Waals surface area contributed by atoms with Gasteiger partial charge in [-0.1, -0.05) is 127 Å². The lowest BCUT2D eigenvalue weighted by Crippen LogP contribution is -2.61. The number of para-hydroxylation sites is 1. The van der Waals surface area contributed by atoms with Gasteiger partial charge in [-0.15, -0.1) is 0 Å². The molecule has 0 atom stereocenters. The van der Waals surface area contributed by atoms with Crippen LogP contribution in [0.5, 0.6) is 0 Å². The molecule has 0 fully saturated rings. The van der Waals surface area contributed by atoms with Gasteiger partial charge in [0, 0.05) is 33.8 Å². The minimum atomic E-state index is -0.0335. The van der Waals surface area contributed by atoms with Gasteiger partial charge in [-0.05, 0) is 146 Å². The molecule has 0 spiro atoms. The second kappa shape index (κ2) is 12.3. The van der Waals surface area contributed by atoms with Crippen LogP contribution < -0.4 is 26.2 Å².